The van der Waals surface area contributed by atoms with E-state index in [1.165, 1.54) is 97.4 Å². The van der Waals surface area contributed by atoms with Crippen molar-refractivity contribution >= 4 is 105 Å². The summed E-state index contributed by atoms with van der Waals surface area (Å²) in [5.74, 6) is 0. The van der Waals surface area contributed by atoms with Crippen LogP contribution in [0, 0.1) is 0 Å². The third-order valence-corrected chi connectivity index (χ3v) is 16.1. The van der Waals surface area contributed by atoms with E-state index in [2.05, 4.69) is 194 Å². The number of nitrogens with one attached hydrogen (secondary N) is 1. The minimum atomic E-state index is -0.0188. The van der Waals surface area contributed by atoms with Crippen molar-refractivity contribution in [2.75, 3.05) is 5.32 Å². The fraction of sp³-hybridized carbons (Fsp3) is 0.276. The van der Waals surface area contributed by atoms with Gasteiger partial charge in [-0.25, -0.2) is 0 Å². The van der Waals surface area contributed by atoms with Crippen LogP contribution in [-0.4, -0.2) is 11.8 Å². The summed E-state index contributed by atoms with van der Waals surface area (Å²) in [6.45, 7) is 23.6. The van der Waals surface area contributed by atoms with Gasteiger partial charge in [0.25, 0.3) is 0 Å². The molecule has 0 bridgehead atoms. The molecule has 1 N–H and O–H groups in total. The van der Waals surface area contributed by atoms with Gasteiger partial charge in [-0.3, -0.25) is 0 Å². The van der Waals surface area contributed by atoms with E-state index in [4.69, 9.17) is 4.42 Å². The third-order valence-electron chi connectivity index (χ3n) is 15.0. The molecule has 1 aliphatic carbocycles. The number of thiophene rings is 1. The molecule has 0 fully saturated rings. The summed E-state index contributed by atoms with van der Waals surface area (Å²) >= 11 is 1.90. The summed E-state index contributed by atoms with van der Waals surface area (Å²) in [7, 11) is 0.810. The third kappa shape index (κ3) is 5.71. The number of fused-ring (bicyclic) bond motifs is 13. The number of benzene rings is 7. The van der Waals surface area contributed by atoms with Crippen LogP contribution in [0.25, 0.3) is 80.7 Å². The second-order valence-electron chi connectivity index (χ2n) is 22.1. The first-order chi connectivity index (χ1) is 30.0. The van der Waals surface area contributed by atoms with E-state index in [9.17, 15) is 0 Å². The monoisotopic (exact) mass is 838 g/mol. The SMILES string of the molecule is CC(C)(C)c1ccc(Nc2cc3c(cc2-c2c4c5c(c6cc(C(C)(C)C)ccc6n5-c5cc6sc7ccccc7c6cc5B4)c4oc5ccccc5c24)C(C)(C)CCC3(C)C)cc1. The average molecular weight is 839 g/mol. The fourth-order valence-corrected chi connectivity index (χ4v) is 12.3. The molecule has 5 heteroatoms. The Morgan fingerprint density at radius 1 is 0.635 bits per heavy atom. The molecule has 3 aromatic heterocycles. The summed E-state index contributed by atoms with van der Waals surface area (Å²) in [4.78, 5) is 0. The second-order valence-corrected chi connectivity index (χ2v) is 23.2. The summed E-state index contributed by atoms with van der Waals surface area (Å²) in [6.07, 6.45) is 2.30. The minimum Gasteiger partial charge on any atom is -0.455 e. The molecule has 0 radical (unpaired) electrons. The Morgan fingerprint density at radius 2 is 1.30 bits per heavy atom. The fourth-order valence-electron chi connectivity index (χ4n) is 11.2. The van der Waals surface area contributed by atoms with E-state index in [1.54, 1.807) is 0 Å². The van der Waals surface area contributed by atoms with Crippen molar-refractivity contribution in [2.24, 2.45) is 0 Å². The van der Waals surface area contributed by atoms with Crippen LogP contribution in [0.15, 0.2) is 120 Å². The number of furan rings is 1. The molecule has 63 heavy (non-hydrogen) atoms. The average Bonchev–Trinajstić information content (AvgIpc) is 3.92. The van der Waals surface area contributed by atoms with Crippen molar-refractivity contribution in [1.29, 1.82) is 0 Å². The van der Waals surface area contributed by atoms with Gasteiger partial charge in [0.1, 0.15) is 11.2 Å². The maximum Gasteiger partial charge on any atom is 0.198 e. The molecule has 1 aliphatic heterocycles. The van der Waals surface area contributed by atoms with Crippen molar-refractivity contribution in [3.63, 3.8) is 0 Å². The lowest BCUT2D eigenvalue weighted by Crippen LogP contribution is -2.37. The quantitative estimate of drug-likeness (QED) is 0.180. The molecule has 12 rings (SSSR count). The predicted molar refractivity (Wildman–Crippen MR) is 275 cm³/mol. The molecular weight excluding hydrogens is 784 g/mol. The highest BCUT2D eigenvalue weighted by molar-refractivity contribution is 7.25. The standard InChI is InChI=1S/C58H55BN2OS/c1-55(2,3)32-19-22-34(23-20-32)60-43-30-41-40(57(7,8)25-26-58(41,9)10)28-38(43)49-50-36-16-11-13-17-46(36)62-54(50)51-39-27-33(56(4,5)6)21-24-44(39)61-45-31-48-37(29-42(45)59-52(49)53(51)61)35-15-12-14-18-47(35)63-48/h11-24,27-31,59-60H,25-26H2,1-10H3. The van der Waals surface area contributed by atoms with E-state index in [1.807, 2.05) is 11.3 Å². The van der Waals surface area contributed by atoms with Crippen LogP contribution in [-0.2, 0) is 21.7 Å². The molecule has 0 amide bonds. The van der Waals surface area contributed by atoms with Crippen LogP contribution in [0.1, 0.15) is 104 Å². The van der Waals surface area contributed by atoms with Gasteiger partial charge in [0, 0.05) is 53.6 Å². The summed E-state index contributed by atoms with van der Waals surface area (Å²) in [5.41, 5.74) is 18.8. The molecule has 4 heterocycles. The van der Waals surface area contributed by atoms with Gasteiger partial charge in [-0.15, -0.1) is 11.3 Å². The molecule has 0 atom stereocenters. The lowest BCUT2D eigenvalue weighted by atomic mass is 9.58. The number of nitrogens with zero attached hydrogens (tertiary/aromatic N) is 1. The van der Waals surface area contributed by atoms with E-state index >= 15 is 0 Å². The highest BCUT2D eigenvalue weighted by Crippen LogP contribution is 2.52. The highest BCUT2D eigenvalue weighted by atomic mass is 32.1. The van der Waals surface area contributed by atoms with Crippen molar-refractivity contribution in [3.05, 3.63) is 138 Å². The Bertz CT molecular complexity index is 3580. The maximum atomic E-state index is 7.25. The van der Waals surface area contributed by atoms with Gasteiger partial charge in [0.2, 0.25) is 0 Å². The molecular formula is C58H55BN2OS. The summed E-state index contributed by atoms with van der Waals surface area (Å²) in [5, 5.41) is 11.6. The van der Waals surface area contributed by atoms with Crippen LogP contribution in [0.4, 0.5) is 11.4 Å². The molecule has 7 aromatic carbocycles. The predicted octanol–water partition coefficient (Wildman–Crippen LogP) is 15.1. The maximum absolute atomic E-state index is 7.25. The topological polar surface area (TPSA) is 30.1 Å². The van der Waals surface area contributed by atoms with Crippen LogP contribution >= 0.6 is 11.3 Å². The molecule has 2 aliphatic rings. The van der Waals surface area contributed by atoms with Crippen LogP contribution < -0.4 is 16.2 Å². The molecule has 312 valence electrons. The van der Waals surface area contributed by atoms with E-state index < -0.39 is 0 Å². The first-order valence-corrected chi connectivity index (χ1v) is 23.7. The van der Waals surface area contributed by atoms with E-state index in [0.717, 1.165) is 48.0 Å². The van der Waals surface area contributed by atoms with E-state index in [-0.39, 0.29) is 21.7 Å². The molecule has 3 nitrogen and oxygen atoms in total. The largest absolute Gasteiger partial charge is 0.455 e. The van der Waals surface area contributed by atoms with Gasteiger partial charge in [0.15, 0.2) is 7.28 Å². The Kier molecular flexibility index (Phi) is 7.97. The van der Waals surface area contributed by atoms with Crippen LogP contribution in [0.3, 0.4) is 0 Å². The molecule has 10 aromatic rings. The lowest BCUT2D eigenvalue weighted by Gasteiger charge is -2.42. The summed E-state index contributed by atoms with van der Waals surface area (Å²) < 4.78 is 12.5. The van der Waals surface area contributed by atoms with Gasteiger partial charge < -0.3 is 14.3 Å². The van der Waals surface area contributed by atoms with Crippen molar-refractivity contribution in [1.82, 2.24) is 4.57 Å². The van der Waals surface area contributed by atoms with Gasteiger partial charge >= 0.3 is 0 Å². The summed E-state index contributed by atoms with van der Waals surface area (Å²) in [6, 6.07) is 44.1. The lowest BCUT2D eigenvalue weighted by molar-refractivity contribution is 0.332. The van der Waals surface area contributed by atoms with Gasteiger partial charge in [-0.1, -0.05) is 135 Å². The smallest absolute Gasteiger partial charge is 0.198 e. The molecule has 0 unspecified atom stereocenters. The Balaban J connectivity index is 1.26. The Hall–Kier alpha value is -5.78. The molecule has 0 saturated heterocycles. The number of rotatable bonds is 3. The van der Waals surface area contributed by atoms with Crippen molar-refractivity contribution < 1.29 is 4.42 Å². The first kappa shape index (κ1) is 38.9. The number of para-hydroxylation sites is 1. The number of aromatic nitrogens is 1. The molecule has 0 spiro atoms. The number of anilines is 2. The van der Waals surface area contributed by atoms with Crippen LogP contribution in [0.5, 0.6) is 0 Å². The Morgan fingerprint density at radius 3 is 2.03 bits per heavy atom. The minimum absolute atomic E-state index is 0.0157. The van der Waals surface area contributed by atoms with Gasteiger partial charge in [0.05, 0.1) is 16.4 Å². The van der Waals surface area contributed by atoms with Crippen molar-refractivity contribution in [3.8, 4) is 16.8 Å². The normalized spacial score (nSPS) is 15.7. The molecule has 0 saturated carbocycles. The number of hydrogen-bond donors (Lipinski definition) is 1. The van der Waals surface area contributed by atoms with Gasteiger partial charge in [-0.2, -0.15) is 0 Å². The van der Waals surface area contributed by atoms with Crippen molar-refractivity contribution in [2.45, 2.75) is 104 Å². The van der Waals surface area contributed by atoms with E-state index in [0.29, 0.717) is 0 Å². The zero-order valence-electron chi connectivity index (χ0n) is 38.4. The zero-order chi connectivity index (χ0) is 43.5. The van der Waals surface area contributed by atoms with Crippen LogP contribution in [0.2, 0.25) is 0 Å². The Labute approximate surface area is 375 Å². The van der Waals surface area contributed by atoms with Gasteiger partial charge in [-0.05, 0) is 128 Å². The second kappa shape index (κ2) is 12.9. The number of hydrogen-bond acceptors (Lipinski definition) is 3. The first-order valence-electron chi connectivity index (χ1n) is 22.9. The zero-order valence-corrected chi connectivity index (χ0v) is 39.2. The highest BCUT2D eigenvalue weighted by Gasteiger charge is 2.39.